The lowest BCUT2D eigenvalue weighted by molar-refractivity contribution is -0.137. The van der Waals surface area contributed by atoms with E-state index in [2.05, 4.69) is 15.0 Å². The molecule has 0 saturated carbocycles. The van der Waals surface area contributed by atoms with Crippen LogP contribution in [0.5, 0.6) is 0 Å². The summed E-state index contributed by atoms with van der Waals surface area (Å²) in [7, 11) is 0. The van der Waals surface area contributed by atoms with Gasteiger partial charge in [-0.25, -0.2) is 9.97 Å². The number of hydrogen-bond acceptors (Lipinski definition) is 3. The van der Waals surface area contributed by atoms with E-state index in [1.165, 1.54) is 6.20 Å². The number of imidazole rings is 1. The lowest BCUT2D eigenvalue weighted by Gasteiger charge is -1.98. The number of H-pyrrole nitrogens is 1. The summed E-state index contributed by atoms with van der Waals surface area (Å²) < 4.78 is 36.7. The van der Waals surface area contributed by atoms with E-state index in [-0.39, 0.29) is 0 Å². The first-order valence-corrected chi connectivity index (χ1v) is 4.83. The molecule has 2 aromatic heterocycles. The highest BCUT2D eigenvalue weighted by atomic mass is 32.1. The van der Waals surface area contributed by atoms with Crippen LogP contribution in [-0.2, 0) is 6.18 Å². The van der Waals surface area contributed by atoms with E-state index in [4.69, 9.17) is 0 Å². The lowest BCUT2D eigenvalue weighted by atomic mass is 10.5. The highest BCUT2D eigenvalue weighted by Gasteiger charge is 2.34. The summed E-state index contributed by atoms with van der Waals surface area (Å²) in [5, 5.41) is -0.855. The molecule has 0 spiro atoms. The van der Waals surface area contributed by atoms with Crippen LogP contribution in [0.15, 0.2) is 12.4 Å². The van der Waals surface area contributed by atoms with E-state index in [1.807, 2.05) is 0 Å². The molecule has 2 aromatic rings. The number of aryl methyl sites for hydroxylation is 1. The largest absolute Gasteiger partial charge is 0.443 e. The van der Waals surface area contributed by atoms with Crippen molar-refractivity contribution in [2.75, 3.05) is 0 Å². The van der Waals surface area contributed by atoms with Crippen LogP contribution in [0.2, 0.25) is 0 Å². The van der Waals surface area contributed by atoms with Gasteiger partial charge < -0.3 is 4.98 Å². The van der Waals surface area contributed by atoms with Crippen LogP contribution in [0.3, 0.4) is 0 Å². The molecule has 0 fully saturated rings. The molecule has 15 heavy (non-hydrogen) atoms. The predicted molar refractivity (Wildman–Crippen MR) is 49.4 cm³/mol. The maximum atomic E-state index is 12.2. The summed E-state index contributed by atoms with van der Waals surface area (Å²) >= 11 is 0.576. The average molecular weight is 233 g/mol. The molecule has 0 bridgehead atoms. The number of thiazole rings is 1. The number of nitrogens with zero attached hydrogens (tertiary/aromatic N) is 2. The van der Waals surface area contributed by atoms with Crippen molar-refractivity contribution in [3.8, 4) is 10.7 Å². The smallest absolute Gasteiger partial charge is 0.341 e. The van der Waals surface area contributed by atoms with Gasteiger partial charge in [0.25, 0.3) is 0 Å². The second-order valence-corrected chi connectivity index (χ2v) is 3.97. The number of aromatic nitrogens is 3. The fourth-order valence-electron chi connectivity index (χ4n) is 1.05. The molecular formula is C8H6F3N3S. The van der Waals surface area contributed by atoms with Crippen molar-refractivity contribution in [2.45, 2.75) is 13.1 Å². The maximum absolute atomic E-state index is 12.2. The zero-order chi connectivity index (χ0) is 11.1. The van der Waals surface area contributed by atoms with Crippen molar-refractivity contribution in [1.82, 2.24) is 15.0 Å². The van der Waals surface area contributed by atoms with Crippen molar-refractivity contribution in [1.29, 1.82) is 0 Å². The summed E-state index contributed by atoms with van der Waals surface area (Å²) in [6.07, 6.45) is -1.65. The van der Waals surface area contributed by atoms with Gasteiger partial charge in [-0.1, -0.05) is 0 Å². The van der Waals surface area contributed by atoms with E-state index in [1.54, 1.807) is 13.1 Å². The number of aromatic amines is 1. The molecule has 2 heterocycles. The van der Waals surface area contributed by atoms with Crippen molar-refractivity contribution >= 4 is 11.3 Å². The summed E-state index contributed by atoms with van der Waals surface area (Å²) in [5.41, 5.74) is 0.798. The molecule has 0 radical (unpaired) electrons. The topological polar surface area (TPSA) is 41.6 Å². The Morgan fingerprint density at radius 2 is 2.00 bits per heavy atom. The van der Waals surface area contributed by atoms with E-state index < -0.39 is 11.2 Å². The van der Waals surface area contributed by atoms with E-state index in [9.17, 15) is 13.2 Å². The molecule has 0 unspecified atom stereocenters. The van der Waals surface area contributed by atoms with Crippen LogP contribution >= 0.6 is 11.3 Å². The zero-order valence-electron chi connectivity index (χ0n) is 7.59. The first-order valence-electron chi connectivity index (χ1n) is 4.02. The van der Waals surface area contributed by atoms with Crippen LogP contribution in [0, 0.1) is 6.92 Å². The molecule has 7 heteroatoms. The minimum Gasteiger partial charge on any atom is -0.341 e. The van der Waals surface area contributed by atoms with Gasteiger partial charge in [-0.3, -0.25) is 0 Å². The molecule has 0 amide bonds. The fraction of sp³-hybridized carbons (Fsp3) is 0.250. The normalized spacial score (nSPS) is 12.0. The van der Waals surface area contributed by atoms with Crippen LogP contribution in [-0.4, -0.2) is 15.0 Å². The third-order valence-electron chi connectivity index (χ3n) is 1.68. The van der Waals surface area contributed by atoms with E-state index in [0.717, 1.165) is 5.69 Å². The second kappa shape index (κ2) is 3.34. The summed E-state index contributed by atoms with van der Waals surface area (Å²) in [5.74, 6) is 0.417. The summed E-state index contributed by atoms with van der Waals surface area (Å²) in [4.78, 5) is 10.5. The zero-order valence-corrected chi connectivity index (χ0v) is 8.41. The van der Waals surface area contributed by atoms with Gasteiger partial charge >= 0.3 is 6.18 Å². The Hall–Kier alpha value is -1.37. The average Bonchev–Trinajstić information content (AvgIpc) is 2.69. The molecule has 0 aliphatic rings. The van der Waals surface area contributed by atoms with Crippen molar-refractivity contribution in [2.24, 2.45) is 0 Å². The Kier molecular flexibility index (Phi) is 2.26. The van der Waals surface area contributed by atoms with Gasteiger partial charge in [-0.2, -0.15) is 13.2 Å². The first-order chi connectivity index (χ1) is 6.97. The van der Waals surface area contributed by atoms with Gasteiger partial charge in [-0.15, -0.1) is 11.3 Å². The Balaban J connectivity index is 2.36. The van der Waals surface area contributed by atoms with Gasteiger partial charge in [0.2, 0.25) is 0 Å². The number of rotatable bonds is 1. The Morgan fingerprint density at radius 3 is 2.47 bits per heavy atom. The lowest BCUT2D eigenvalue weighted by Crippen LogP contribution is -2.02. The molecule has 0 aromatic carbocycles. The third kappa shape index (κ3) is 2.01. The number of halogens is 3. The van der Waals surface area contributed by atoms with Crippen LogP contribution < -0.4 is 0 Å². The number of alkyl halides is 3. The van der Waals surface area contributed by atoms with Gasteiger partial charge in [0, 0.05) is 18.1 Å². The number of nitrogens with one attached hydrogen (secondary N) is 1. The second-order valence-electron chi connectivity index (χ2n) is 2.94. The third-order valence-corrected chi connectivity index (χ3v) is 2.73. The van der Waals surface area contributed by atoms with Crippen molar-refractivity contribution in [3.05, 3.63) is 23.1 Å². The maximum Gasteiger partial charge on any atom is 0.443 e. The minimum absolute atomic E-state index is 0.385. The van der Waals surface area contributed by atoms with Crippen molar-refractivity contribution in [3.63, 3.8) is 0 Å². The van der Waals surface area contributed by atoms with Gasteiger partial charge in [-0.05, 0) is 6.92 Å². The van der Waals surface area contributed by atoms with Gasteiger partial charge in [0.05, 0.1) is 4.88 Å². The SMILES string of the molecule is Cc1cnc(-c2cnc(C(F)(F)F)s2)[nH]1. The molecule has 3 nitrogen and oxygen atoms in total. The highest BCUT2D eigenvalue weighted by molar-refractivity contribution is 7.15. The molecular weight excluding hydrogens is 227 g/mol. The molecule has 1 N–H and O–H groups in total. The van der Waals surface area contributed by atoms with Crippen LogP contribution in [0.4, 0.5) is 13.2 Å². The summed E-state index contributed by atoms with van der Waals surface area (Å²) in [6, 6.07) is 0. The molecule has 0 saturated heterocycles. The molecule has 0 atom stereocenters. The Labute approximate surface area is 87.0 Å². The molecule has 0 aliphatic heterocycles. The molecule has 80 valence electrons. The predicted octanol–water partition coefficient (Wildman–Crippen LogP) is 2.86. The standard InChI is InChI=1S/C8H6F3N3S/c1-4-2-12-6(14-4)5-3-13-7(15-5)8(9,10)11/h2-3H,1H3,(H,12,14). The fourth-order valence-corrected chi connectivity index (χ4v) is 1.79. The number of hydrogen-bond donors (Lipinski definition) is 1. The van der Waals surface area contributed by atoms with E-state index in [0.29, 0.717) is 22.0 Å². The van der Waals surface area contributed by atoms with Gasteiger partial charge in [0.15, 0.2) is 5.01 Å². The Morgan fingerprint density at radius 1 is 1.27 bits per heavy atom. The highest BCUT2D eigenvalue weighted by Crippen LogP contribution is 2.35. The Bertz CT molecular complexity index is 471. The minimum atomic E-state index is -4.38. The summed E-state index contributed by atoms with van der Waals surface area (Å²) in [6.45, 7) is 1.78. The van der Waals surface area contributed by atoms with Gasteiger partial charge in [0.1, 0.15) is 5.82 Å². The van der Waals surface area contributed by atoms with Crippen LogP contribution in [0.25, 0.3) is 10.7 Å². The van der Waals surface area contributed by atoms with E-state index >= 15 is 0 Å². The quantitative estimate of drug-likeness (QED) is 0.822. The van der Waals surface area contributed by atoms with Crippen LogP contribution in [0.1, 0.15) is 10.7 Å². The van der Waals surface area contributed by atoms with Crippen molar-refractivity contribution < 1.29 is 13.2 Å². The monoisotopic (exact) mass is 233 g/mol. The molecule has 0 aliphatic carbocycles. The first kappa shape index (κ1) is 10.2. The molecule has 2 rings (SSSR count).